The van der Waals surface area contributed by atoms with Crippen LogP contribution in [0.1, 0.15) is 80.2 Å². The number of hydrogen-bond donors (Lipinski definition) is 0. The lowest BCUT2D eigenvalue weighted by Gasteiger charge is -2.61. The van der Waals surface area contributed by atoms with Crippen molar-refractivity contribution < 1.29 is 4.74 Å². The van der Waals surface area contributed by atoms with Gasteiger partial charge in [0.05, 0.1) is 0 Å². The van der Waals surface area contributed by atoms with E-state index in [1.54, 1.807) is 11.1 Å². The summed E-state index contributed by atoms with van der Waals surface area (Å²) < 4.78 is 6.43. The minimum Gasteiger partial charge on any atom is -0.485 e. The maximum absolute atomic E-state index is 6.43. The quantitative estimate of drug-likeness (QED) is 0.179. The molecule has 0 amide bonds. The minimum atomic E-state index is -0.0817. The molecule has 57 heavy (non-hydrogen) atoms. The summed E-state index contributed by atoms with van der Waals surface area (Å²) in [4.78, 5) is 2.47. The van der Waals surface area contributed by atoms with Crippen LogP contribution in [-0.2, 0) is 10.8 Å². The van der Waals surface area contributed by atoms with Crippen LogP contribution in [0.15, 0.2) is 151 Å². The molecule has 0 aromatic heterocycles. The van der Waals surface area contributed by atoms with Crippen molar-refractivity contribution in [2.75, 3.05) is 4.90 Å². The third-order valence-corrected chi connectivity index (χ3v) is 15.8. The predicted molar refractivity (Wildman–Crippen MR) is 233 cm³/mol. The number of benzene rings is 6. The first-order valence-corrected chi connectivity index (χ1v) is 21.5. The normalized spacial score (nSPS) is 27.1. The van der Waals surface area contributed by atoms with Gasteiger partial charge < -0.3 is 9.64 Å². The molecular formula is C55H47NO. The summed E-state index contributed by atoms with van der Waals surface area (Å²) in [6, 6.07) is 51.0. The Balaban J connectivity index is 0.909. The molecule has 4 bridgehead atoms. The second-order valence-electron chi connectivity index (χ2n) is 18.8. The number of para-hydroxylation sites is 1. The summed E-state index contributed by atoms with van der Waals surface area (Å²) in [5.41, 5.74) is 20.4. The van der Waals surface area contributed by atoms with Crippen molar-refractivity contribution in [3.05, 3.63) is 179 Å². The molecule has 14 rings (SSSR count). The zero-order chi connectivity index (χ0) is 37.6. The Morgan fingerprint density at radius 1 is 0.526 bits per heavy atom. The molecule has 4 fully saturated rings. The largest absolute Gasteiger partial charge is 0.485 e. The third-order valence-electron chi connectivity index (χ3n) is 15.8. The highest BCUT2D eigenvalue weighted by Crippen LogP contribution is 2.69. The number of allylic oxidation sites excluding steroid dienone is 1. The van der Waals surface area contributed by atoms with Crippen molar-refractivity contribution in [1.29, 1.82) is 0 Å². The maximum Gasteiger partial charge on any atom is 0.128 e. The highest BCUT2D eigenvalue weighted by atomic mass is 16.5. The summed E-state index contributed by atoms with van der Waals surface area (Å²) in [5.74, 6) is 4.47. The fourth-order valence-electron chi connectivity index (χ4n) is 13.6. The maximum atomic E-state index is 6.43. The predicted octanol–water partition coefficient (Wildman–Crippen LogP) is 13.7. The van der Waals surface area contributed by atoms with Crippen LogP contribution in [0.25, 0.3) is 39.0 Å². The number of ether oxygens (including phenoxy) is 1. The molecule has 6 aromatic rings. The Labute approximate surface area is 336 Å². The molecule has 0 saturated heterocycles. The standard InChI is InChI=1S/C55H47NO/c1-54(2)48-12-6-3-9-42(48)44-22-20-41(32-51(44)54)56(40-21-24-53-47(31-40)45-11-5-8-14-52(45)57-53)39-18-15-35(16-19-39)36-17-23-50-46(30-36)43-10-4-7-13-49(43)55(50)37-26-33-25-34(28-37)29-38(55)27-33/h3-23,30-34,37-38,53H,24-29H2,1-2H3. The Kier molecular flexibility index (Phi) is 6.56. The zero-order valence-corrected chi connectivity index (χ0v) is 32.8. The summed E-state index contributed by atoms with van der Waals surface area (Å²) in [7, 11) is 0. The summed E-state index contributed by atoms with van der Waals surface area (Å²) in [6.45, 7) is 4.75. The first-order valence-electron chi connectivity index (χ1n) is 21.5. The molecule has 0 radical (unpaired) electrons. The SMILES string of the molecule is CC1(C)c2ccccc2-c2ccc(N(C3=CCC4Oc5ccccc5C4=C3)c3ccc(-c4ccc5c(c4)-c4ccccc4C54C5CC6CC(C5)CC4C6)cc3)cc21. The number of anilines is 2. The summed E-state index contributed by atoms with van der Waals surface area (Å²) in [6.07, 6.45) is 12.8. The average Bonchev–Trinajstić information content (AvgIpc) is 3.84. The fraction of sp³-hybridized carbons (Fsp3) is 0.273. The topological polar surface area (TPSA) is 12.5 Å². The van der Waals surface area contributed by atoms with Gasteiger partial charge in [-0.3, -0.25) is 0 Å². The van der Waals surface area contributed by atoms with Crippen LogP contribution in [0.2, 0.25) is 0 Å². The van der Waals surface area contributed by atoms with Gasteiger partial charge in [-0.1, -0.05) is 117 Å². The van der Waals surface area contributed by atoms with E-state index >= 15 is 0 Å². The summed E-state index contributed by atoms with van der Waals surface area (Å²) in [5, 5.41) is 0. The average molecular weight is 738 g/mol. The fourth-order valence-corrected chi connectivity index (χ4v) is 13.6. The van der Waals surface area contributed by atoms with Crippen LogP contribution in [-0.4, -0.2) is 6.10 Å². The van der Waals surface area contributed by atoms with Crippen LogP contribution in [0, 0.1) is 23.7 Å². The second kappa shape index (κ2) is 11.5. The van der Waals surface area contributed by atoms with Gasteiger partial charge in [0.1, 0.15) is 11.9 Å². The van der Waals surface area contributed by atoms with E-state index in [1.807, 2.05) is 0 Å². The smallest absolute Gasteiger partial charge is 0.128 e. The highest BCUT2D eigenvalue weighted by Gasteiger charge is 2.61. The number of hydrogen-bond acceptors (Lipinski definition) is 2. The molecule has 1 unspecified atom stereocenters. The molecule has 6 aromatic carbocycles. The molecule has 8 aliphatic rings. The van der Waals surface area contributed by atoms with E-state index in [0.717, 1.165) is 35.8 Å². The number of rotatable bonds is 4. The monoisotopic (exact) mass is 737 g/mol. The van der Waals surface area contributed by atoms with Gasteiger partial charge in [0.25, 0.3) is 0 Å². The van der Waals surface area contributed by atoms with Gasteiger partial charge >= 0.3 is 0 Å². The first kappa shape index (κ1) is 32.5. The number of fused-ring (bicyclic) bond motifs is 9. The zero-order valence-electron chi connectivity index (χ0n) is 32.8. The Morgan fingerprint density at radius 2 is 1.14 bits per heavy atom. The minimum absolute atomic E-state index is 0.0618. The van der Waals surface area contributed by atoms with E-state index in [1.165, 1.54) is 105 Å². The Hall–Kier alpha value is -5.60. The van der Waals surface area contributed by atoms with E-state index < -0.39 is 0 Å². The van der Waals surface area contributed by atoms with E-state index in [4.69, 9.17) is 4.74 Å². The van der Waals surface area contributed by atoms with Crippen LogP contribution < -0.4 is 9.64 Å². The molecular weight excluding hydrogens is 691 g/mol. The Morgan fingerprint density at radius 3 is 1.91 bits per heavy atom. The first-order chi connectivity index (χ1) is 27.9. The molecule has 2 nitrogen and oxygen atoms in total. The van der Waals surface area contributed by atoms with E-state index in [9.17, 15) is 0 Å². The van der Waals surface area contributed by atoms with Crippen molar-refractivity contribution in [2.24, 2.45) is 23.7 Å². The van der Waals surface area contributed by atoms with E-state index in [0.29, 0.717) is 0 Å². The molecule has 1 atom stereocenters. The molecule has 1 aliphatic heterocycles. The molecule has 0 N–H and O–H groups in total. The van der Waals surface area contributed by atoms with Gasteiger partial charge in [-0.05, 0) is 154 Å². The van der Waals surface area contributed by atoms with Gasteiger partial charge in [0.2, 0.25) is 0 Å². The van der Waals surface area contributed by atoms with Crippen molar-refractivity contribution in [2.45, 2.75) is 69.3 Å². The highest BCUT2D eigenvalue weighted by molar-refractivity contribution is 5.88. The van der Waals surface area contributed by atoms with Crippen LogP contribution in [0.3, 0.4) is 0 Å². The van der Waals surface area contributed by atoms with Crippen LogP contribution in [0.4, 0.5) is 11.4 Å². The Bertz CT molecular complexity index is 2720. The molecule has 2 heteroatoms. The van der Waals surface area contributed by atoms with Gasteiger partial charge in [-0.15, -0.1) is 0 Å². The van der Waals surface area contributed by atoms with E-state index in [2.05, 4.69) is 164 Å². The van der Waals surface area contributed by atoms with Crippen LogP contribution >= 0.6 is 0 Å². The lowest BCUT2D eigenvalue weighted by atomic mass is 9.43. The van der Waals surface area contributed by atoms with Crippen LogP contribution in [0.5, 0.6) is 5.75 Å². The van der Waals surface area contributed by atoms with Crippen molar-refractivity contribution in [3.8, 4) is 39.1 Å². The lowest BCUT2D eigenvalue weighted by Crippen LogP contribution is -2.55. The van der Waals surface area contributed by atoms with Crippen molar-refractivity contribution >= 4 is 16.9 Å². The molecule has 1 spiro atoms. The number of nitrogens with zero attached hydrogens (tertiary/aromatic N) is 1. The van der Waals surface area contributed by atoms with Gasteiger partial charge in [0, 0.05) is 45.5 Å². The third kappa shape index (κ3) is 4.37. The molecule has 4 saturated carbocycles. The summed E-state index contributed by atoms with van der Waals surface area (Å²) >= 11 is 0. The van der Waals surface area contributed by atoms with Crippen molar-refractivity contribution in [3.63, 3.8) is 0 Å². The van der Waals surface area contributed by atoms with Gasteiger partial charge in [0.15, 0.2) is 0 Å². The molecule has 1 heterocycles. The molecule has 7 aliphatic carbocycles. The van der Waals surface area contributed by atoms with Crippen molar-refractivity contribution in [1.82, 2.24) is 0 Å². The van der Waals surface area contributed by atoms with Gasteiger partial charge in [-0.2, -0.15) is 0 Å². The van der Waals surface area contributed by atoms with Gasteiger partial charge in [-0.25, -0.2) is 0 Å². The second-order valence-corrected chi connectivity index (χ2v) is 18.8. The molecule has 278 valence electrons. The van der Waals surface area contributed by atoms with E-state index in [-0.39, 0.29) is 16.9 Å². The lowest BCUT2D eigenvalue weighted by molar-refractivity contribution is -0.0399.